The Hall–Kier alpha value is -3.03. The third-order valence-electron chi connectivity index (χ3n) is 5.32. The second kappa shape index (κ2) is 9.22. The predicted octanol–water partition coefficient (Wildman–Crippen LogP) is 5.28. The zero-order valence-corrected chi connectivity index (χ0v) is 19.2. The van der Waals surface area contributed by atoms with E-state index in [0.717, 1.165) is 17.5 Å². The van der Waals surface area contributed by atoms with Gasteiger partial charge in [0.1, 0.15) is 0 Å². The summed E-state index contributed by atoms with van der Waals surface area (Å²) in [6.45, 7) is 3.55. The van der Waals surface area contributed by atoms with Gasteiger partial charge >= 0.3 is 6.03 Å². The molecule has 3 aromatic rings. The molecule has 1 heterocycles. The second-order valence-electron chi connectivity index (χ2n) is 7.78. The number of sulfonamides is 1. The molecule has 3 aromatic carbocycles. The first-order valence-electron chi connectivity index (χ1n) is 10.3. The van der Waals surface area contributed by atoms with E-state index >= 15 is 0 Å². The molecule has 0 spiro atoms. The second-order valence-corrected chi connectivity index (χ2v) is 9.90. The Kier molecular flexibility index (Phi) is 6.39. The lowest BCUT2D eigenvalue weighted by Gasteiger charge is -2.36. The molecule has 0 bridgehead atoms. The molecule has 2 amide bonds. The fourth-order valence-corrected chi connectivity index (χ4v) is 5.13. The van der Waals surface area contributed by atoms with Crippen LogP contribution in [0.1, 0.15) is 17.5 Å². The molecule has 0 aromatic heterocycles. The molecule has 1 aliphatic rings. The number of nitrogens with zero attached hydrogens (tertiary/aromatic N) is 2. The van der Waals surface area contributed by atoms with Crippen LogP contribution >= 0.6 is 11.6 Å². The van der Waals surface area contributed by atoms with Crippen LogP contribution in [0, 0.1) is 6.92 Å². The molecule has 1 fully saturated rings. The molecule has 0 radical (unpaired) electrons. The third kappa shape index (κ3) is 4.89. The monoisotopic (exact) mass is 469 g/mol. The van der Waals surface area contributed by atoms with Crippen LogP contribution in [0.15, 0.2) is 77.7 Å². The van der Waals surface area contributed by atoms with Crippen LogP contribution in [0.4, 0.5) is 16.2 Å². The van der Waals surface area contributed by atoms with Crippen LogP contribution in [0.25, 0.3) is 0 Å². The highest BCUT2D eigenvalue weighted by atomic mass is 35.5. The fraction of sp³-hybridized carbons (Fsp3) is 0.208. The van der Waals surface area contributed by atoms with E-state index in [9.17, 15) is 13.2 Å². The standard InChI is InChI=1S/C24H24ClN3O3S/c1-18-11-12-23(22(15-18)26-32(30,31)21-10-5-9-20(25)16-21)28-14-6-13-27(24(28)29)17-19-7-3-2-4-8-19/h2-5,7-12,15-16,26H,6,13-14,17H2,1H3. The first-order chi connectivity index (χ1) is 15.3. The summed E-state index contributed by atoms with van der Waals surface area (Å²) in [6.07, 6.45) is 0.785. The van der Waals surface area contributed by atoms with Gasteiger partial charge in [0, 0.05) is 24.7 Å². The van der Waals surface area contributed by atoms with Gasteiger partial charge in [0.05, 0.1) is 16.3 Å². The minimum atomic E-state index is -3.88. The number of amides is 2. The molecule has 0 aliphatic carbocycles. The molecule has 6 nitrogen and oxygen atoms in total. The number of benzene rings is 3. The van der Waals surface area contributed by atoms with Crippen LogP contribution in [0.5, 0.6) is 0 Å². The fourth-order valence-electron chi connectivity index (χ4n) is 3.76. The number of hydrogen-bond donors (Lipinski definition) is 1. The van der Waals surface area contributed by atoms with Gasteiger partial charge in [-0.2, -0.15) is 0 Å². The molecule has 0 saturated carbocycles. The van der Waals surface area contributed by atoms with Crippen molar-refractivity contribution in [1.29, 1.82) is 0 Å². The Morgan fingerprint density at radius 2 is 1.75 bits per heavy atom. The van der Waals surface area contributed by atoms with Gasteiger partial charge in [-0.1, -0.05) is 54.1 Å². The van der Waals surface area contributed by atoms with Crippen molar-refractivity contribution in [3.63, 3.8) is 0 Å². The average molecular weight is 470 g/mol. The maximum atomic E-state index is 13.3. The molecule has 4 rings (SSSR count). The SMILES string of the molecule is Cc1ccc(N2CCCN(Cc3ccccc3)C2=O)c(NS(=O)(=O)c2cccc(Cl)c2)c1. The van der Waals surface area contributed by atoms with Crippen molar-refractivity contribution in [2.45, 2.75) is 24.8 Å². The number of aryl methyl sites for hydroxylation is 1. The van der Waals surface area contributed by atoms with E-state index in [0.29, 0.717) is 36.0 Å². The Bertz CT molecular complexity index is 1230. The van der Waals surface area contributed by atoms with Gasteiger partial charge in [0.25, 0.3) is 10.0 Å². The van der Waals surface area contributed by atoms with Crippen LogP contribution in [0.3, 0.4) is 0 Å². The number of hydrogen-bond acceptors (Lipinski definition) is 3. The molecule has 1 saturated heterocycles. The van der Waals surface area contributed by atoms with Gasteiger partial charge in [-0.3, -0.25) is 9.62 Å². The van der Waals surface area contributed by atoms with Crippen LogP contribution in [-0.4, -0.2) is 32.4 Å². The Morgan fingerprint density at radius 1 is 0.969 bits per heavy atom. The van der Waals surface area contributed by atoms with E-state index in [1.807, 2.05) is 43.3 Å². The molecule has 1 N–H and O–H groups in total. The quantitative estimate of drug-likeness (QED) is 0.533. The van der Waals surface area contributed by atoms with E-state index in [1.54, 1.807) is 34.1 Å². The Labute approximate surface area is 193 Å². The maximum absolute atomic E-state index is 13.3. The predicted molar refractivity (Wildman–Crippen MR) is 128 cm³/mol. The van der Waals surface area contributed by atoms with Crippen LogP contribution in [0.2, 0.25) is 5.02 Å². The highest BCUT2D eigenvalue weighted by Gasteiger charge is 2.29. The minimum absolute atomic E-state index is 0.0631. The van der Waals surface area contributed by atoms with Crippen molar-refractivity contribution in [2.24, 2.45) is 0 Å². The zero-order valence-electron chi connectivity index (χ0n) is 17.7. The lowest BCUT2D eigenvalue weighted by atomic mass is 10.1. The summed E-state index contributed by atoms with van der Waals surface area (Å²) in [5, 5.41) is 0.333. The molecule has 32 heavy (non-hydrogen) atoms. The topological polar surface area (TPSA) is 69.7 Å². The summed E-state index contributed by atoms with van der Waals surface area (Å²) in [5.74, 6) is 0. The third-order valence-corrected chi connectivity index (χ3v) is 6.92. The summed E-state index contributed by atoms with van der Waals surface area (Å²) in [7, 11) is -3.88. The lowest BCUT2D eigenvalue weighted by molar-refractivity contribution is 0.192. The summed E-state index contributed by atoms with van der Waals surface area (Å²) < 4.78 is 28.7. The van der Waals surface area contributed by atoms with Gasteiger partial charge < -0.3 is 4.90 Å². The van der Waals surface area contributed by atoms with E-state index in [4.69, 9.17) is 11.6 Å². The maximum Gasteiger partial charge on any atom is 0.324 e. The molecule has 0 unspecified atom stereocenters. The summed E-state index contributed by atoms with van der Waals surface area (Å²) >= 11 is 5.98. The number of anilines is 2. The van der Waals surface area contributed by atoms with E-state index < -0.39 is 10.0 Å². The lowest BCUT2D eigenvalue weighted by Crippen LogP contribution is -2.49. The zero-order chi connectivity index (χ0) is 22.7. The van der Waals surface area contributed by atoms with Crippen molar-refractivity contribution >= 4 is 39.0 Å². The number of carbonyl (C=O) groups is 1. The van der Waals surface area contributed by atoms with Gasteiger partial charge in [-0.15, -0.1) is 0 Å². The Balaban J connectivity index is 1.63. The summed E-state index contributed by atoms with van der Waals surface area (Å²) in [6, 6.07) is 21.1. The van der Waals surface area contributed by atoms with Gasteiger partial charge in [0.2, 0.25) is 0 Å². The van der Waals surface area contributed by atoms with Crippen LogP contribution in [-0.2, 0) is 16.6 Å². The molecule has 0 atom stereocenters. The molecule has 1 aliphatic heterocycles. The van der Waals surface area contributed by atoms with Crippen LogP contribution < -0.4 is 9.62 Å². The van der Waals surface area contributed by atoms with Crippen molar-refractivity contribution in [3.8, 4) is 0 Å². The summed E-state index contributed by atoms with van der Waals surface area (Å²) in [4.78, 5) is 16.8. The number of halogens is 1. The number of nitrogens with one attached hydrogen (secondary N) is 1. The minimum Gasteiger partial charge on any atom is -0.320 e. The number of urea groups is 1. The first kappa shape index (κ1) is 22.2. The number of rotatable bonds is 6. The first-order valence-corrected chi connectivity index (χ1v) is 12.2. The molecule has 166 valence electrons. The smallest absolute Gasteiger partial charge is 0.320 e. The van der Waals surface area contributed by atoms with Crippen molar-refractivity contribution < 1.29 is 13.2 Å². The van der Waals surface area contributed by atoms with E-state index in [1.165, 1.54) is 12.1 Å². The highest BCUT2D eigenvalue weighted by molar-refractivity contribution is 7.92. The average Bonchev–Trinajstić information content (AvgIpc) is 2.76. The van der Waals surface area contributed by atoms with E-state index in [-0.39, 0.29) is 10.9 Å². The van der Waals surface area contributed by atoms with Crippen molar-refractivity contribution in [3.05, 3.63) is 88.9 Å². The van der Waals surface area contributed by atoms with E-state index in [2.05, 4.69) is 4.72 Å². The largest absolute Gasteiger partial charge is 0.324 e. The van der Waals surface area contributed by atoms with Gasteiger partial charge in [-0.05, 0) is 54.8 Å². The highest BCUT2D eigenvalue weighted by Crippen LogP contribution is 2.32. The molecular weight excluding hydrogens is 446 g/mol. The summed E-state index contributed by atoms with van der Waals surface area (Å²) in [5.41, 5.74) is 2.82. The van der Waals surface area contributed by atoms with Crippen molar-refractivity contribution in [1.82, 2.24) is 4.90 Å². The van der Waals surface area contributed by atoms with Crippen molar-refractivity contribution in [2.75, 3.05) is 22.7 Å². The van der Waals surface area contributed by atoms with Gasteiger partial charge in [-0.25, -0.2) is 13.2 Å². The molecular formula is C24H24ClN3O3S. The molecule has 8 heteroatoms. The Morgan fingerprint density at radius 3 is 2.50 bits per heavy atom. The normalized spacial score (nSPS) is 14.5. The number of carbonyl (C=O) groups excluding carboxylic acids is 1. The van der Waals surface area contributed by atoms with Gasteiger partial charge in [0.15, 0.2) is 0 Å².